The SMILES string of the molecule is COc1ncccc1[CH]c1ccc(F)c(OC(F)F)c1. The molecule has 0 fully saturated rings. The maximum Gasteiger partial charge on any atom is 0.387 e. The molecule has 6 heteroatoms. The lowest BCUT2D eigenvalue weighted by Crippen LogP contribution is -2.04. The van der Waals surface area contributed by atoms with Crippen LogP contribution in [-0.4, -0.2) is 18.7 Å². The number of pyridine rings is 1. The second kappa shape index (κ2) is 6.27. The van der Waals surface area contributed by atoms with E-state index in [1.807, 2.05) is 0 Å². The molecule has 3 nitrogen and oxygen atoms in total. The Bertz CT molecular complexity index is 590. The van der Waals surface area contributed by atoms with Crippen LogP contribution in [0.4, 0.5) is 13.2 Å². The summed E-state index contributed by atoms with van der Waals surface area (Å²) in [5.41, 5.74) is 1.14. The van der Waals surface area contributed by atoms with Gasteiger partial charge < -0.3 is 9.47 Å². The molecule has 0 N–H and O–H groups in total. The van der Waals surface area contributed by atoms with E-state index >= 15 is 0 Å². The Morgan fingerprint density at radius 1 is 1.25 bits per heavy atom. The quantitative estimate of drug-likeness (QED) is 0.842. The van der Waals surface area contributed by atoms with Crippen LogP contribution in [0.3, 0.4) is 0 Å². The van der Waals surface area contributed by atoms with Gasteiger partial charge in [0.1, 0.15) is 0 Å². The normalized spacial score (nSPS) is 10.7. The van der Waals surface area contributed by atoms with Gasteiger partial charge in [0.05, 0.1) is 7.11 Å². The smallest absolute Gasteiger partial charge is 0.387 e. The zero-order valence-electron chi connectivity index (χ0n) is 10.5. The van der Waals surface area contributed by atoms with Gasteiger partial charge >= 0.3 is 6.61 Å². The van der Waals surface area contributed by atoms with Crippen molar-refractivity contribution in [1.29, 1.82) is 0 Å². The molecule has 2 rings (SSSR count). The summed E-state index contributed by atoms with van der Waals surface area (Å²) in [5.74, 6) is -0.967. The van der Waals surface area contributed by atoms with E-state index in [9.17, 15) is 13.2 Å². The van der Waals surface area contributed by atoms with E-state index in [2.05, 4.69) is 9.72 Å². The summed E-state index contributed by atoms with van der Waals surface area (Å²) in [7, 11) is 1.47. The van der Waals surface area contributed by atoms with Crippen molar-refractivity contribution in [3.63, 3.8) is 0 Å². The summed E-state index contributed by atoms with van der Waals surface area (Å²) in [4.78, 5) is 4.00. The first kappa shape index (κ1) is 14.2. The Hall–Kier alpha value is -2.24. The molecule has 0 aliphatic rings. The van der Waals surface area contributed by atoms with E-state index in [1.54, 1.807) is 24.8 Å². The van der Waals surface area contributed by atoms with Gasteiger partial charge in [0.15, 0.2) is 11.6 Å². The largest absolute Gasteiger partial charge is 0.481 e. The summed E-state index contributed by atoms with van der Waals surface area (Å²) in [6.07, 6.45) is 3.19. The van der Waals surface area contributed by atoms with Crippen LogP contribution < -0.4 is 9.47 Å². The number of benzene rings is 1. The molecule has 20 heavy (non-hydrogen) atoms. The minimum Gasteiger partial charge on any atom is -0.481 e. The van der Waals surface area contributed by atoms with E-state index < -0.39 is 18.2 Å². The van der Waals surface area contributed by atoms with Crippen LogP contribution in [0, 0.1) is 12.2 Å². The van der Waals surface area contributed by atoms with Gasteiger partial charge in [0.25, 0.3) is 0 Å². The molecule has 0 spiro atoms. The lowest BCUT2D eigenvalue weighted by Gasteiger charge is -2.09. The van der Waals surface area contributed by atoms with Crippen LogP contribution in [0.2, 0.25) is 0 Å². The summed E-state index contributed by atoms with van der Waals surface area (Å²) in [6.45, 7) is -3.08. The average molecular weight is 282 g/mol. The number of rotatable bonds is 5. The zero-order valence-corrected chi connectivity index (χ0v) is 10.5. The molecule has 0 unspecified atom stereocenters. The molecule has 1 aromatic heterocycles. The fraction of sp³-hybridized carbons (Fsp3) is 0.143. The minimum absolute atomic E-state index is 0.383. The first-order valence-corrected chi connectivity index (χ1v) is 5.68. The molecule has 0 amide bonds. The van der Waals surface area contributed by atoms with E-state index in [4.69, 9.17) is 4.74 Å². The predicted molar refractivity (Wildman–Crippen MR) is 66.3 cm³/mol. The van der Waals surface area contributed by atoms with Crippen LogP contribution >= 0.6 is 0 Å². The molecule has 1 heterocycles. The van der Waals surface area contributed by atoms with Crippen molar-refractivity contribution >= 4 is 0 Å². The van der Waals surface area contributed by atoms with E-state index in [1.165, 1.54) is 19.2 Å². The molecular formula is C14H11F3NO2. The predicted octanol–water partition coefficient (Wildman–Crippen LogP) is 3.43. The third-order valence-electron chi connectivity index (χ3n) is 2.49. The molecule has 0 bridgehead atoms. The van der Waals surface area contributed by atoms with Gasteiger partial charge in [-0.2, -0.15) is 8.78 Å². The van der Waals surface area contributed by atoms with Crippen molar-refractivity contribution in [2.75, 3.05) is 7.11 Å². The molecule has 0 saturated carbocycles. The number of halogens is 3. The first-order chi connectivity index (χ1) is 9.60. The lowest BCUT2D eigenvalue weighted by atomic mass is 10.1. The Morgan fingerprint density at radius 3 is 2.75 bits per heavy atom. The Balaban J connectivity index is 2.25. The highest BCUT2D eigenvalue weighted by atomic mass is 19.3. The number of ether oxygens (including phenoxy) is 2. The van der Waals surface area contributed by atoms with Crippen molar-refractivity contribution in [2.24, 2.45) is 0 Å². The van der Waals surface area contributed by atoms with Crippen LogP contribution in [0.5, 0.6) is 11.6 Å². The van der Waals surface area contributed by atoms with Crippen molar-refractivity contribution in [3.05, 3.63) is 59.9 Å². The minimum atomic E-state index is -3.08. The van der Waals surface area contributed by atoms with Crippen LogP contribution in [0.1, 0.15) is 11.1 Å². The monoisotopic (exact) mass is 282 g/mol. The van der Waals surface area contributed by atoms with E-state index in [0.29, 0.717) is 17.0 Å². The van der Waals surface area contributed by atoms with Crippen LogP contribution in [0.15, 0.2) is 36.5 Å². The summed E-state index contributed by atoms with van der Waals surface area (Å²) in [6, 6.07) is 7.14. The molecule has 0 atom stereocenters. The topological polar surface area (TPSA) is 31.4 Å². The third kappa shape index (κ3) is 3.40. The van der Waals surface area contributed by atoms with Crippen molar-refractivity contribution in [1.82, 2.24) is 4.98 Å². The van der Waals surface area contributed by atoms with Gasteiger partial charge in [-0.25, -0.2) is 9.37 Å². The third-order valence-corrected chi connectivity index (χ3v) is 2.49. The van der Waals surface area contributed by atoms with Crippen molar-refractivity contribution in [2.45, 2.75) is 6.61 Å². The van der Waals surface area contributed by atoms with Gasteiger partial charge in [-0.3, -0.25) is 0 Å². The van der Waals surface area contributed by atoms with Gasteiger partial charge in [-0.1, -0.05) is 12.1 Å². The highest BCUT2D eigenvalue weighted by molar-refractivity contribution is 5.44. The Labute approximate surface area is 114 Å². The van der Waals surface area contributed by atoms with Crippen LogP contribution in [-0.2, 0) is 0 Å². The fourth-order valence-electron chi connectivity index (χ4n) is 1.66. The first-order valence-electron chi connectivity index (χ1n) is 5.68. The zero-order chi connectivity index (χ0) is 14.5. The van der Waals surface area contributed by atoms with Gasteiger partial charge in [0.2, 0.25) is 5.88 Å². The van der Waals surface area contributed by atoms with E-state index in [-0.39, 0.29) is 0 Å². The van der Waals surface area contributed by atoms with E-state index in [0.717, 1.165) is 6.07 Å². The van der Waals surface area contributed by atoms with Crippen LogP contribution in [0.25, 0.3) is 0 Å². The molecular weight excluding hydrogens is 271 g/mol. The highest BCUT2D eigenvalue weighted by Crippen LogP contribution is 2.25. The fourth-order valence-corrected chi connectivity index (χ4v) is 1.66. The number of methoxy groups -OCH3 is 1. The highest BCUT2D eigenvalue weighted by Gasteiger charge is 2.12. The molecule has 1 radical (unpaired) electrons. The number of nitrogens with zero attached hydrogens (tertiary/aromatic N) is 1. The molecule has 2 aromatic rings. The summed E-state index contributed by atoms with van der Waals surface area (Å²) in [5, 5.41) is 0. The molecule has 1 aromatic carbocycles. The Kier molecular flexibility index (Phi) is 4.45. The second-order valence-electron chi connectivity index (χ2n) is 3.81. The number of aromatic nitrogens is 1. The molecule has 0 saturated heterocycles. The number of hydrogen-bond acceptors (Lipinski definition) is 3. The number of hydrogen-bond donors (Lipinski definition) is 0. The Morgan fingerprint density at radius 2 is 2.05 bits per heavy atom. The molecule has 0 aliphatic carbocycles. The molecule has 105 valence electrons. The average Bonchev–Trinajstić information content (AvgIpc) is 2.42. The lowest BCUT2D eigenvalue weighted by molar-refractivity contribution is -0.0522. The summed E-state index contributed by atoms with van der Waals surface area (Å²) >= 11 is 0. The number of alkyl halides is 2. The standard InChI is InChI=1S/C14H11F3NO2/c1-19-13-10(3-2-6-18-13)7-9-4-5-11(15)12(8-9)20-14(16)17/h2-8,14H,1H3. The van der Waals surface area contributed by atoms with Gasteiger partial charge in [0, 0.05) is 18.2 Å². The van der Waals surface area contributed by atoms with Crippen molar-refractivity contribution in [3.8, 4) is 11.6 Å². The van der Waals surface area contributed by atoms with Gasteiger partial charge in [-0.05, 0) is 23.8 Å². The second-order valence-corrected chi connectivity index (χ2v) is 3.81. The van der Waals surface area contributed by atoms with Crippen molar-refractivity contribution < 1.29 is 22.6 Å². The van der Waals surface area contributed by atoms with Gasteiger partial charge in [-0.15, -0.1) is 0 Å². The maximum absolute atomic E-state index is 13.3. The summed E-state index contributed by atoms with van der Waals surface area (Å²) < 4.78 is 46.8. The maximum atomic E-state index is 13.3. The molecule has 0 aliphatic heterocycles.